The van der Waals surface area contributed by atoms with E-state index in [-0.39, 0.29) is 0 Å². The minimum absolute atomic E-state index is 0.557. The number of hydrogen-bond acceptors (Lipinski definition) is 6. The van der Waals surface area contributed by atoms with E-state index in [1.54, 1.807) is 14.0 Å². The third-order valence-corrected chi connectivity index (χ3v) is 1.83. The van der Waals surface area contributed by atoms with E-state index in [1.807, 2.05) is 0 Å². The second-order valence-corrected chi connectivity index (χ2v) is 2.66. The van der Waals surface area contributed by atoms with E-state index in [2.05, 4.69) is 19.8 Å². The number of esters is 2. The van der Waals surface area contributed by atoms with Gasteiger partial charge in [-0.3, -0.25) is 9.79 Å². The van der Waals surface area contributed by atoms with Gasteiger partial charge in [-0.1, -0.05) is 0 Å². The zero-order valence-electron chi connectivity index (χ0n) is 9.31. The van der Waals surface area contributed by atoms with E-state index in [4.69, 9.17) is 0 Å². The maximum Gasteiger partial charge on any atom is 0.332 e. The van der Waals surface area contributed by atoms with Gasteiger partial charge < -0.3 is 14.8 Å². The largest absolute Gasteiger partial charge is 0.468 e. The zero-order valence-corrected chi connectivity index (χ0v) is 9.31. The normalized spacial score (nSPS) is 14.7. The van der Waals surface area contributed by atoms with Crippen molar-refractivity contribution in [2.75, 3.05) is 21.3 Å². The van der Waals surface area contributed by atoms with Crippen LogP contribution >= 0.6 is 0 Å². The minimum atomic E-state index is -0.919. The lowest BCUT2D eigenvalue weighted by atomic mass is 10.1. The molecule has 0 aliphatic rings. The van der Waals surface area contributed by atoms with Crippen LogP contribution < -0.4 is 5.32 Å². The van der Waals surface area contributed by atoms with Gasteiger partial charge in [-0.25, -0.2) is 4.79 Å². The number of carbonyl (C=O) groups excluding carboxylic acids is 2. The minimum Gasteiger partial charge on any atom is -0.468 e. The number of hydrogen-bond donors (Lipinski definition) is 1. The Labute approximate surface area is 88.7 Å². The molecule has 0 heterocycles. The summed E-state index contributed by atoms with van der Waals surface area (Å²) in [6.45, 7) is 1.65. The predicted octanol–water partition coefficient (Wildman–Crippen LogP) is -0.620. The Hall–Kier alpha value is -1.43. The first-order chi connectivity index (χ1) is 7.12. The number of likely N-dealkylation sites (N-methyl/N-ethyl adjacent to an activating group) is 1. The van der Waals surface area contributed by atoms with Crippen molar-refractivity contribution in [3.05, 3.63) is 0 Å². The number of carbonyl (C=O) groups is 2. The van der Waals surface area contributed by atoms with E-state index < -0.39 is 24.0 Å². The van der Waals surface area contributed by atoms with Crippen molar-refractivity contribution in [1.29, 1.82) is 0 Å². The van der Waals surface area contributed by atoms with Crippen molar-refractivity contribution in [2.45, 2.75) is 19.0 Å². The lowest BCUT2D eigenvalue weighted by molar-refractivity contribution is -0.150. The fourth-order valence-electron chi connectivity index (χ4n) is 1.10. The van der Waals surface area contributed by atoms with E-state index in [0.717, 1.165) is 0 Å². The van der Waals surface area contributed by atoms with Gasteiger partial charge in [0.2, 0.25) is 0 Å². The maximum absolute atomic E-state index is 11.3. The SMILES string of the molecule is CC=NC(C(=O)OC)C(NC)C(=O)OC. The van der Waals surface area contributed by atoms with Crippen LogP contribution in [0.2, 0.25) is 0 Å². The van der Waals surface area contributed by atoms with Gasteiger partial charge in [-0.05, 0) is 20.2 Å². The highest BCUT2D eigenvalue weighted by Crippen LogP contribution is 2.03. The molecule has 0 fully saturated rings. The smallest absolute Gasteiger partial charge is 0.332 e. The molecule has 0 aliphatic carbocycles. The first-order valence-corrected chi connectivity index (χ1v) is 4.43. The van der Waals surface area contributed by atoms with Crippen LogP contribution in [0.5, 0.6) is 0 Å². The fourth-order valence-corrected chi connectivity index (χ4v) is 1.10. The Bertz CT molecular complexity index is 252. The van der Waals surface area contributed by atoms with Crippen molar-refractivity contribution >= 4 is 18.2 Å². The highest BCUT2D eigenvalue weighted by atomic mass is 16.5. The summed E-state index contributed by atoms with van der Waals surface area (Å²) in [6.07, 6.45) is 1.44. The van der Waals surface area contributed by atoms with Crippen LogP contribution in [0.15, 0.2) is 4.99 Å². The molecule has 0 saturated heterocycles. The molecule has 0 bridgehead atoms. The summed E-state index contributed by atoms with van der Waals surface area (Å²) >= 11 is 0. The van der Waals surface area contributed by atoms with Gasteiger partial charge in [0, 0.05) is 0 Å². The average Bonchev–Trinajstić information content (AvgIpc) is 2.27. The molecule has 0 aliphatic heterocycles. The van der Waals surface area contributed by atoms with Crippen LogP contribution in [0.3, 0.4) is 0 Å². The summed E-state index contributed by atoms with van der Waals surface area (Å²) in [7, 11) is 4.03. The van der Waals surface area contributed by atoms with E-state index in [1.165, 1.54) is 20.4 Å². The Morgan fingerprint density at radius 3 is 2.13 bits per heavy atom. The molecule has 1 N–H and O–H groups in total. The highest BCUT2D eigenvalue weighted by molar-refractivity contribution is 5.88. The molecule has 0 aromatic heterocycles. The molecule has 0 aromatic rings. The molecule has 86 valence electrons. The summed E-state index contributed by atoms with van der Waals surface area (Å²) in [5.41, 5.74) is 0. The molecule has 2 atom stereocenters. The second-order valence-electron chi connectivity index (χ2n) is 2.66. The monoisotopic (exact) mass is 216 g/mol. The fraction of sp³-hybridized carbons (Fsp3) is 0.667. The first-order valence-electron chi connectivity index (χ1n) is 4.43. The summed E-state index contributed by atoms with van der Waals surface area (Å²) in [6, 6.07) is -1.75. The molecule has 15 heavy (non-hydrogen) atoms. The van der Waals surface area contributed by atoms with Crippen molar-refractivity contribution in [3.8, 4) is 0 Å². The van der Waals surface area contributed by atoms with Gasteiger partial charge in [-0.2, -0.15) is 0 Å². The Morgan fingerprint density at radius 2 is 1.80 bits per heavy atom. The standard InChI is InChI=1S/C9H16N2O4/c1-5-11-7(9(13)15-4)6(10-2)8(12)14-3/h5-7,10H,1-4H3. The second kappa shape index (κ2) is 6.94. The Balaban J connectivity index is 4.85. The van der Waals surface area contributed by atoms with Crippen LogP contribution in [0.25, 0.3) is 0 Å². The number of rotatable bonds is 5. The molecule has 0 saturated carbocycles. The van der Waals surface area contributed by atoms with Gasteiger partial charge in [0.15, 0.2) is 6.04 Å². The van der Waals surface area contributed by atoms with Crippen molar-refractivity contribution in [2.24, 2.45) is 4.99 Å². The molecule has 0 radical (unpaired) electrons. The van der Waals surface area contributed by atoms with Crippen LogP contribution in [0, 0.1) is 0 Å². The number of aliphatic imine (C=N–C) groups is 1. The van der Waals surface area contributed by atoms with E-state index >= 15 is 0 Å². The maximum atomic E-state index is 11.3. The number of methoxy groups -OCH3 is 2. The molecule has 2 unspecified atom stereocenters. The third-order valence-electron chi connectivity index (χ3n) is 1.83. The van der Waals surface area contributed by atoms with Crippen LogP contribution in [-0.2, 0) is 19.1 Å². The van der Waals surface area contributed by atoms with Crippen molar-refractivity contribution < 1.29 is 19.1 Å². The molecule has 0 aromatic carbocycles. The number of nitrogens with zero attached hydrogens (tertiary/aromatic N) is 1. The highest BCUT2D eigenvalue weighted by Gasteiger charge is 2.33. The van der Waals surface area contributed by atoms with Gasteiger partial charge >= 0.3 is 11.9 Å². The summed E-state index contributed by atoms with van der Waals surface area (Å²) in [5, 5.41) is 2.66. The quantitative estimate of drug-likeness (QED) is 0.489. The van der Waals surface area contributed by atoms with Crippen molar-refractivity contribution in [3.63, 3.8) is 0 Å². The molecule has 6 nitrogen and oxygen atoms in total. The van der Waals surface area contributed by atoms with Gasteiger partial charge in [-0.15, -0.1) is 0 Å². The number of nitrogens with one attached hydrogen (secondary N) is 1. The summed E-state index contributed by atoms with van der Waals surface area (Å²) in [5.74, 6) is -1.14. The molecular weight excluding hydrogens is 200 g/mol. The molecule has 0 spiro atoms. The predicted molar refractivity (Wildman–Crippen MR) is 54.8 cm³/mol. The zero-order chi connectivity index (χ0) is 11.8. The number of ether oxygens (including phenoxy) is 2. The Kier molecular flexibility index (Phi) is 6.28. The molecule has 6 heteroatoms. The average molecular weight is 216 g/mol. The van der Waals surface area contributed by atoms with Gasteiger partial charge in [0.05, 0.1) is 14.2 Å². The third kappa shape index (κ3) is 3.67. The van der Waals surface area contributed by atoms with E-state index in [9.17, 15) is 9.59 Å². The topological polar surface area (TPSA) is 77.0 Å². The lowest BCUT2D eigenvalue weighted by Gasteiger charge is -2.18. The first kappa shape index (κ1) is 13.6. The Morgan fingerprint density at radius 1 is 1.27 bits per heavy atom. The van der Waals surface area contributed by atoms with Crippen LogP contribution in [0.4, 0.5) is 0 Å². The summed E-state index contributed by atoms with van der Waals surface area (Å²) in [4.78, 5) is 26.5. The summed E-state index contributed by atoms with van der Waals surface area (Å²) < 4.78 is 9.08. The van der Waals surface area contributed by atoms with Crippen LogP contribution in [-0.4, -0.2) is 51.5 Å². The molecule has 0 amide bonds. The van der Waals surface area contributed by atoms with E-state index in [0.29, 0.717) is 0 Å². The van der Waals surface area contributed by atoms with Crippen LogP contribution in [0.1, 0.15) is 6.92 Å². The van der Waals surface area contributed by atoms with Gasteiger partial charge in [0.25, 0.3) is 0 Å². The van der Waals surface area contributed by atoms with Crippen molar-refractivity contribution in [1.82, 2.24) is 5.32 Å². The van der Waals surface area contributed by atoms with Gasteiger partial charge in [0.1, 0.15) is 6.04 Å². The molecule has 0 rings (SSSR count). The lowest BCUT2D eigenvalue weighted by Crippen LogP contribution is -2.48. The molecular formula is C9H16N2O4.